The summed E-state index contributed by atoms with van der Waals surface area (Å²) in [6.07, 6.45) is 2.85. The van der Waals surface area contributed by atoms with Gasteiger partial charge in [-0.25, -0.2) is 14.8 Å². The van der Waals surface area contributed by atoms with E-state index in [4.69, 9.17) is 22.0 Å². The topological polar surface area (TPSA) is 98.9 Å². The van der Waals surface area contributed by atoms with Crippen molar-refractivity contribution in [2.45, 2.75) is 0 Å². The lowest BCUT2D eigenvalue weighted by Crippen LogP contribution is -2.01. The first kappa shape index (κ1) is 12.8. The number of carboxylic acid groups (broad SMARTS) is 1. The van der Waals surface area contributed by atoms with Crippen LogP contribution in [0.2, 0.25) is 5.02 Å². The van der Waals surface area contributed by atoms with E-state index in [1.165, 1.54) is 30.6 Å². The second-order valence-corrected chi connectivity index (χ2v) is 3.90. The Morgan fingerprint density at radius 3 is 2.74 bits per heavy atom. The second kappa shape index (κ2) is 5.33. The van der Waals surface area contributed by atoms with E-state index in [1.807, 2.05) is 6.07 Å². The van der Waals surface area contributed by atoms with E-state index in [2.05, 4.69) is 15.3 Å². The molecule has 2 rings (SSSR count). The van der Waals surface area contributed by atoms with Gasteiger partial charge in [-0.1, -0.05) is 11.6 Å². The Kier molecular flexibility index (Phi) is 3.59. The van der Waals surface area contributed by atoms with Crippen LogP contribution in [0, 0.1) is 11.3 Å². The first-order chi connectivity index (χ1) is 9.11. The Morgan fingerprint density at radius 2 is 2.11 bits per heavy atom. The number of carbonyl (C=O) groups is 1. The number of hydrogen-bond donors (Lipinski definition) is 2. The molecule has 0 aliphatic rings. The molecular weight excluding hydrogens is 268 g/mol. The molecule has 0 atom stereocenters. The maximum absolute atomic E-state index is 10.8. The number of rotatable bonds is 3. The summed E-state index contributed by atoms with van der Waals surface area (Å²) in [6.45, 7) is 0. The van der Waals surface area contributed by atoms with Crippen LogP contribution in [0.5, 0.6) is 0 Å². The summed E-state index contributed by atoms with van der Waals surface area (Å²) < 4.78 is 0. The number of nitrogens with one attached hydrogen (secondary N) is 1. The highest BCUT2D eigenvalue weighted by molar-refractivity contribution is 6.33. The van der Waals surface area contributed by atoms with Crippen LogP contribution in [0.1, 0.15) is 16.1 Å². The lowest BCUT2D eigenvalue weighted by molar-refractivity contribution is 0.0697. The molecule has 0 unspecified atom stereocenters. The summed E-state index contributed by atoms with van der Waals surface area (Å²) in [5.41, 5.74) is 0.666. The first-order valence-corrected chi connectivity index (χ1v) is 5.50. The van der Waals surface area contributed by atoms with Crippen LogP contribution in [0.3, 0.4) is 0 Å². The summed E-state index contributed by atoms with van der Waals surface area (Å²) in [4.78, 5) is 18.6. The second-order valence-electron chi connectivity index (χ2n) is 3.49. The van der Waals surface area contributed by atoms with Crippen molar-refractivity contribution in [3.63, 3.8) is 0 Å². The number of hydrogen-bond acceptors (Lipinski definition) is 5. The van der Waals surface area contributed by atoms with Gasteiger partial charge in [-0.2, -0.15) is 5.26 Å². The minimum Gasteiger partial charge on any atom is -0.478 e. The number of aromatic carboxylic acids is 1. The first-order valence-electron chi connectivity index (χ1n) is 5.13. The summed E-state index contributed by atoms with van der Waals surface area (Å²) in [7, 11) is 0. The quantitative estimate of drug-likeness (QED) is 0.892. The zero-order valence-electron chi connectivity index (χ0n) is 9.46. The molecule has 0 spiro atoms. The molecule has 94 valence electrons. The fourth-order valence-electron chi connectivity index (χ4n) is 1.41. The number of benzene rings is 1. The predicted octanol–water partition coefficient (Wildman–Crippen LogP) is 2.44. The minimum absolute atomic E-state index is 0.00636. The van der Waals surface area contributed by atoms with E-state index in [9.17, 15) is 4.79 Å². The predicted molar refractivity (Wildman–Crippen MR) is 68.4 cm³/mol. The van der Waals surface area contributed by atoms with Gasteiger partial charge in [-0.3, -0.25) is 0 Å². The van der Waals surface area contributed by atoms with Crippen molar-refractivity contribution < 1.29 is 9.90 Å². The van der Waals surface area contributed by atoms with E-state index in [0.717, 1.165) is 0 Å². The molecule has 2 aromatic rings. The minimum atomic E-state index is -1.10. The molecule has 0 aliphatic heterocycles. The smallest absolute Gasteiger partial charge is 0.337 e. The Balaban J connectivity index is 2.32. The van der Waals surface area contributed by atoms with Crippen LogP contribution in [0.15, 0.2) is 30.6 Å². The van der Waals surface area contributed by atoms with Crippen LogP contribution >= 0.6 is 11.6 Å². The fourth-order valence-corrected chi connectivity index (χ4v) is 1.68. The van der Waals surface area contributed by atoms with E-state index in [1.54, 1.807) is 0 Å². The molecule has 0 aliphatic carbocycles. The maximum atomic E-state index is 10.8. The zero-order chi connectivity index (χ0) is 13.8. The number of carboxylic acids is 1. The number of nitrogens with zero attached hydrogens (tertiary/aromatic N) is 3. The van der Waals surface area contributed by atoms with Crippen molar-refractivity contribution in [1.29, 1.82) is 5.26 Å². The van der Waals surface area contributed by atoms with Crippen LogP contribution in [-0.4, -0.2) is 21.0 Å². The van der Waals surface area contributed by atoms with E-state index < -0.39 is 5.97 Å². The van der Waals surface area contributed by atoms with Crippen molar-refractivity contribution in [3.8, 4) is 6.07 Å². The van der Waals surface area contributed by atoms with Gasteiger partial charge in [-0.05, 0) is 18.2 Å². The van der Waals surface area contributed by atoms with Gasteiger partial charge in [0.25, 0.3) is 0 Å². The normalized spacial score (nSPS) is 9.68. The molecular formula is C12H7ClN4O2. The average Bonchev–Trinajstić information content (AvgIpc) is 2.39. The number of halogens is 1. The summed E-state index contributed by atoms with van der Waals surface area (Å²) >= 11 is 5.84. The average molecular weight is 275 g/mol. The fraction of sp³-hybridized carbons (Fsp3) is 0. The van der Waals surface area contributed by atoms with Gasteiger partial charge in [0.2, 0.25) is 0 Å². The number of aromatic nitrogens is 2. The summed E-state index contributed by atoms with van der Waals surface area (Å²) in [5.74, 6) is -0.821. The number of anilines is 2. The lowest BCUT2D eigenvalue weighted by atomic mass is 10.2. The molecule has 7 heteroatoms. The molecule has 0 fully saturated rings. The highest BCUT2D eigenvalue weighted by Crippen LogP contribution is 2.23. The SMILES string of the molecule is N#Cc1nccnc1Nc1ccc(C(=O)O)c(Cl)c1. The molecule has 6 nitrogen and oxygen atoms in total. The molecule has 19 heavy (non-hydrogen) atoms. The van der Waals surface area contributed by atoms with Crippen molar-refractivity contribution in [1.82, 2.24) is 9.97 Å². The monoisotopic (exact) mass is 274 g/mol. The van der Waals surface area contributed by atoms with Gasteiger partial charge in [0.1, 0.15) is 6.07 Å². The third-order valence-corrected chi connectivity index (χ3v) is 2.58. The molecule has 1 heterocycles. The Bertz CT molecular complexity index is 682. The Hall–Kier alpha value is -2.65. The zero-order valence-corrected chi connectivity index (χ0v) is 10.2. The summed E-state index contributed by atoms with van der Waals surface area (Å²) in [6, 6.07) is 6.25. The highest BCUT2D eigenvalue weighted by atomic mass is 35.5. The Morgan fingerprint density at radius 1 is 1.37 bits per heavy atom. The Labute approximate surface area is 113 Å². The molecule has 0 saturated carbocycles. The number of nitriles is 1. The van der Waals surface area contributed by atoms with Gasteiger partial charge < -0.3 is 10.4 Å². The van der Waals surface area contributed by atoms with Crippen molar-refractivity contribution in [2.75, 3.05) is 5.32 Å². The molecule has 1 aromatic carbocycles. The van der Waals surface area contributed by atoms with Gasteiger partial charge in [0, 0.05) is 18.1 Å². The largest absolute Gasteiger partial charge is 0.478 e. The van der Waals surface area contributed by atoms with Gasteiger partial charge in [0.05, 0.1) is 10.6 Å². The van der Waals surface area contributed by atoms with Gasteiger partial charge >= 0.3 is 5.97 Å². The van der Waals surface area contributed by atoms with E-state index in [0.29, 0.717) is 5.69 Å². The highest BCUT2D eigenvalue weighted by Gasteiger charge is 2.10. The lowest BCUT2D eigenvalue weighted by Gasteiger charge is -2.07. The van der Waals surface area contributed by atoms with Gasteiger partial charge in [0.15, 0.2) is 11.5 Å². The van der Waals surface area contributed by atoms with E-state index in [-0.39, 0.29) is 22.1 Å². The molecule has 2 N–H and O–H groups in total. The molecule has 0 radical (unpaired) electrons. The molecule has 1 aromatic heterocycles. The van der Waals surface area contributed by atoms with Crippen LogP contribution in [-0.2, 0) is 0 Å². The summed E-state index contributed by atoms with van der Waals surface area (Å²) in [5, 5.41) is 20.7. The van der Waals surface area contributed by atoms with E-state index >= 15 is 0 Å². The third kappa shape index (κ3) is 2.78. The van der Waals surface area contributed by atoms with Crippen molar-refractivity contribution in [3.05, 3.63) is 46.9 Å². The van der Waals surface area contributed by atoms with Gasteiger partial charge in [-0.15, -0.1) is 0 Å². The maximum Gasteiger partial charge on any atom is 0.337 e. The molecule has 0 bridgehead atoms. The molecule has 0 saturated heterocycles. The third-order valence-electron chi connectivity index (χ3n) is 2.27. The molecule has 0 amide bonds. The van der Waals surface area contributed by atoms with Crippen LogP contribution in [0.25, 0.3) is 0 Å². The van der Waals surface area contributed by atoms with Crippen LogP contribution < -0.4 is 5.32 Å². The van der Waals surface area contributed by atoms with Crippen LogP contribution in [0.4, 0.5) is 11.5 Å². The van der Waals surface area contributed by atoms with Crippen molar-refractivity contribution in [2.24, 2.45) is 0 Å². The standard InChI is InChI=1S/C12H7ClN4O2/c13-9-5-7(1-2-8(9)12(18)19)17-11-10(6-14)15-3-4-16-11/h1-5H,(H,16,17)(H,18,19). The van der Waals surface area contributed by atoms with Crippen molar-refractivity contribution >= 4 is 29.1 Å².